The third-order valence-corrected chi connectivity index (χ3v) is 6.76. The summed E-state index contributed by atoms with van der Waals surface area (Å²) in [6, 6.07) is 5.11. The summed E-state index contributed by atoms with van der Waals surface area (Å²) in [5.74, 6) is 2.07. The Kier molecular flexibility index (Phi) is 2.72. The Labute approximate surface area is 93.0 Å². The largest absolute Gasteiger partial charge is 0.270 e. The zero-order valence-electron chi connectivity index (χ0n) is 8.00. The summed E-state index contributed by atoms with van der Waals surface area (Å²) in [4.78, 5) is 10.3. The Morgan fingerprint density at radius 2 is 2.27 bits per heavy atom. The van der Waals surface area contributed by atoms with E-state index in [0.29, 0.717) is 0 Å². The number of hydrogen-bond acceptors (Lipinski definition) is 3. The summed E-state index contributed by atoms with van der Waals surface area (Å²) in [5, 5.41) is 11.6. The van der Waals surface area contributed by atoms with Crippen molar-refractivity contribution in [3.05, 3.63) is 46.3 Å². The van der Waals surface area contributed by atoms with Crippen molar-refractivity contribution in [3.63, 3.8) is 0 Å². The molecule has 0 N–H and O–H groups in total. The molecule has 5 heteroatoms. The van der Waals surface area contributed by atoms with Gasteiger partial charge in [0.25, 0.3) is 5.69 Å². The lowest BCUT2D eigenvalue weighted by Crippen LogP contribution is -2.04. The highest BCUT2D eigenvalue weighted by Crippen LogP contribution is 2.51. The third-order valence-electron chi connectivity index (χ3n) is 2.45. The predicted octanol–water partition coefficient (Wildman–Crippen LogP) is 2.62. The first-order valence-electron chi connectivity index (χ1n) is 4.63. The van der Waals surface area contributed by atoms with Crippen LogP contribution in [0.2, 0.25) is 0 Å². The lowest BCUT2D eigenvalue weighted by Gasteiger charge is -2.12. The minimum atomic E-state index is -1.64. The van der Waals surface area contributed by atoms with E-state index in [1.165, 1.54) is 6.07 Å². The van der Waals surface area contributed by atoms with Crippen LogP contribution in [0, 0.1) is 10.1 Å². The van der Waals surface area contributed by atoms with Gasteiger partial charge >= 0.3 is 0 Å². The zero-order chi connectivity index (χ0) is 10.9. The summed E-state index contributed by atoms with van der Waals surface area (Å²) < 4.78 is 0. The molecule has 0 saturated carbocycles. The Hall–Kier alpha value is -0.990. The van der Waals surface area contributed by atoms with Crippen molar-refractivity contribution in [1.82, 2.24) is 0 Å². The molecule has 3 nitrogen and oxygen atoms in total. The van der Waals surface area contributed by atoms with E-state index in [2.05, 4.69) is 11.9 Å². The lowest BCUT2D eigenvalue weighted by molar-refractivity contribution is -0.384. The first-order chi connectivity index (χ1) is 7.12. The average Bonchev–Trinajstić information content (AvgIpc) is 2.67. The molecule has 1 heterocycles. The van der Waals surface area contributed by atoms with Crippen LogP contribution in [0.15, 0.2) is 36.2 Å². The van der Waals surface area contributed by atoms with Crippen LogP contribution in [0.4, 0.5) is 5.69 Å². The van der Waals surface area contributed by atoms with Crippen LogP contribution < -0.4 is 5.30 Å². The standard InChI is InChI=1S/C10H10NO2PS/c12-11(13)9-4-3-5-10(8-9)14(15)6-1-2-7-14/h1,3-6,8H,2,7H2. The van der Waals surface area contributed by atoms with Gasteiger partial charge < -0.3 is 0 Å². The molecule has 1 aliphatic rings. The van der Waals surface area contributed by atoms with Crippen LogP contribution in [-0.4, -0.2) is 11.1 Å². The molecule has 15 heavy (non-hydrogen) atoms. The molecule has 0 saturated heterocycles. The van der Waals surface area contributed by atoms with Crippen molar-refractivity contribution >= 4 is 28.8 Å². The van der Waals surface area contributed by atoms with Crippen molar-refractivity contribution < 1.29 is 4.92 Å². The van der Waals surface area contributed by atoms with Gasteiger partial charge in [-0.3, -0.25) is 10.1 Å². The van der Waals surface area contributed by atoms with Gasteiger partial charge in [0.1, 0.15) is 0 Å². The minimum absolute atomic E-state index is 0.136. The highest BCUT2D eigenvalue weighted by Gasteiger charge is 2.21. The van der Waals surface area contributed by atoms with E-state index in [9.17, 15) is 10.1 Å². The van der Waals surface area contributed by atoms with Crippen LogP contribution in [0.1, 0.15) is 6.42 Å². The van der Waals surface area contributed by atoms with Crippen LogP contribution in [0.5, 0.6) is 0 Å². The van der Waals surface area contributed by atoms with Gasteiger partial charge in [-0.05, 0) is 17.9 Å². The quantitative estimate of drug-likeness (QED) is 0.452. The Morgan fingerprint density at radius 1 is 1.47 bits per heavy atom. The number of benzene rings is 1. The minimum Gasteiger partial charge on any atom is -0.258 e. The highest BCUT2D eigenvalue weighted by atomic mass is 32.4. The van der Waals surface area contributed by atoms with Crippen molar-refractivity contribution in [2.45, 2.75) is 6.42 Å². The van der Waals surface area contributed by atoms with E-state index in [1.807, 2.05) is 6.07 Å². The van der Waals surface area contributed by atoms with Crippen molar-refractivity contribution in [2.75, 3.05) is 6.16 Å². The van der Waals surface area contributed by atoms with Gasteiger partial charge in [-0.1, -0.05) is 35.8 Å². The average molecular weight is 239 g/mol. The molecule has 2 rings (SSSR count). The number of hydrogen-bond donors (Lipinski definition) is 0. The zero-order valence-corrected chi connectivity index (χ0v) is 9.71. The highest BCUT2D eigenvalue weighted by molar-refractivity contribution is 8.19. The Balaban J connectivity index is 2.45. The van der Waals surface area contributed by atoms with Gasteiger partial charge in [0.2, 0.25) is 0 Å². The van der Waals surface area contributed by atoms with E-state index in [-0.39, 0.29) is 10.6 Å². The Bertz CT molecular complexity index is 484. The summed E-state index contributed by atoms with van der Waals surface area (Å²) in [6.45, 7) is 0. The third kappa shape index (κ3) is 2.01. The molecule has 1 aromatic rings. The molecule has 1 unspecified atom stereocenters. The molecule has 0 aliphatic carbocycles. The van der Waals surface area contributed by atoms with Gasteiger partial charge in [-0.25, -0.2) is 0 Å². The van der Waals surface area contributed by atoms with Crippen molar-refractivity contribution in [1.29, 1.82) is 0 Å². The summed E-state index contributed by atoms with van der Waals surface area (Å²) in [6.07, 6.45) is 4.04. The van der Waals surface area contributed by atoms with Crippen LogP contribution in [-0.2, 0) is 11.8 Å². The SMILES string of the molecule is O=[N+]([O-])c1cccc(P2(=S)C=CCC2)c1. The maximum absolute atomic E-state index is 10.6. The molecule has 1 atom stereocenters. The predicted molar refractivity (Wildman–Crippen MR) is 65.6 cm³/mol. The fourth-order valence-electron chi connectivity index (χ4n) is 1.64. The summed E-state index contributed by atoms with van der Waals surface area (Å²) in [5.41, 5.74) is 0.136. The summed E-state index contributed by atoms with van der Waals surface area (Å²) >= 11 is 5.58. The van der Waals surface area contributed by atoms with Crippen LogP contribution >= 0.6 is 6.04 Å². The monoisotopic (exact) mass is 239 g/mol. The lowest BCUT2D eigenvalue weighted by atomic mass is 10.3. The first kappa shape index (κ1) is 10.5. The van der Waals surface area contributed by atoms with Gasteiger partial charge in [0.05, 0.1) is 4.92 Å². The molecular formula is C10H10NO2PS. The fourth-order valence-corrected chi connectivity index (χ4v) is 4.85. The van der Waals surface area contributed by atoms with Crippen molar-refractivity contribution in [2.24, 2.45) is 0 Å². The topological polar surface area (TPSA) is 43.1 Å². The second-order valence-corrected chi connectivity index (χ2v) is 8.28. The van der Waals surface area contributed by atoms with Gasteiger partial charge in [-0.15, -0.1) is 0 Å². The van der Waals surface area contributed by atoms with E-state index in [1.54, 1.807) is 12.1 Å². The van der Waals surface area contributed by atoms with Crippen LogP contribution in [0.25, 0.3) is 0 Å². The van der Waals surface area contributed by atoms with Gasteiger partial charge in [0, 0.05) is 18.2 Å². The van der Waals surface area contributed by atoms with Crippen LogP contribution in [0.3, 0.4) is 0 Å². The molecule has 0 fully saturated rings. The van der Waals surface area contributed by atoms with E-state index in [0.717, 1.165) is 17.9 Å². The number of nitro groups is 1. The first-order valence-corrected chi connectivity index (χ1v) is 7.69. The second kappa shape index (κ2) is 3.87. The molecule has 78 valence electrons. The van der Waals surface area contributed by atoms with Gasteiger partial charge in [0.15, 0.2) is 0 Å². The molecule has 1 aliphatic heterocycles. The van der Waals surface area contributed by atoms with Gasteiger partial charge in [-0.2, -0.15) is 0 Å². The smallest absolute Gasteiger partial charge is 0.258 e. The second-order valence-electron chi connectivity index (χ2n) is 3.47. The van der Waals surface area contributed by atoms with Crippen molar-refractivity contribution in [3.8, 4) is 0 Å². The maximum Gasteiger partial charge on any atom is 0.270 e. The number of allylic oxidation sites excluding steroid dienone is 1. The number of nitrogens with zero attached hydrogens (tertiary/aromatic N) is 1. The Morgan fingerprint density at radius 3 is 2.87 bits per heavy atom. The fraction of sp³-hybridized carbons (Fsp3) is 0.200. The molecule has 0 spiro atoms. The normalized spacial score (nSPS) is 24.3. The number of nitro benzene ring substituents is 1. The molecule has 0 aromatic heterocycles. The molecular weight excluding hydrogens is 229 g/mol. The molecule has 0 radical (unpaired) electrons. The molecule has 0 amide bonds. The summed E-state index contributed by atoms with van der Waals surface area (Å²) in [7, 11) is 0. The maximum atomic E-state index is 10.6. The van der Waals surface area contributed by atoms with E-state index < -0.39 is 6.04 Å². The van der Waals surface area contributed by atoms with E-state index >= 15 is 0 Å². The number of non-ortho nitro benzene ring substituents is 1. The number of rotatable bonds is 2. The molecule has 0 bridgehead atoms. The molecule has 1 aromatic carbocycles. The van der Waals surface area contributed by atoms with E-state index in [4.69, 9.17) is 11.8 Å².